The Hall–Kier alpha value is 0.630. The third-order valence-electron chi connectivity index (χ3n) is 13.2. The number of rotatable bonds is 10. The molecule has 12 unspecified atom stereocenters. The molecule has 0 aromatic rings. The number of hydrogen-bond donors (Lipinski definition) is 5. The first-order valence-corrected chi connectivity index (χ1v) is 18.6. The molecule has 1 heterocycles. The molecule has 4 aliphatic carbocycles. The maximum absolute atomic E-state index is 11.7. The van der Waals surface area contributed by atoms with Gasteiger partial charge in [-0.05, 0) is 104 Å². The summed E-state index contributed by atoms with van der Waals surface area (Å²) >= 11 is 0. The Balaban J connectivity index is 0.00000461. The van der Waals surface area contributed by atoms with Gasteiger partial charge in [0.2, 0.25) is 0 Å². The maximum Gasteiger partial charge on any atom is 1.00 e. The Bertz CT molecular complexity index is 1090. The first-order chi connectivity index (χ1) is 20.6. The fraction of sp³-hybridized carbons (Fsp3) is 1.00. The van der Waals surface area contributed by atoms with E-state index >= 15 is 0 Å². The van der Waals surface area contributed by atoms with E-state index in [1.54, 1.807) is 0 Å². The van der Waals surface area contributed by atoms with Gasteiger partial charge in [0, 0.05) is 0 Å². The summed E-state index contributed by atoms with van der Waals surface area (Å²) in [4.78, 5) is 0. The quantitative estimate of drug-likeness (QED) is 0.129. The number of fused-ring (bicyclic) bond motifs is 5. The first-order valence-electron chi connectivity index (χ1n) is 17.2. The molecule has 0 amide bonds. The predicted molar refractivity (Wildman–Crippen MR) is 164 cm³/mol. The molecule has 5 rings (SSSR count). The molecular weight excluding hydrogens is 611 g/mol. The van der Waals surface area contributed by atoms with Gasteiger partial charge >= 0.3 is 40.0 Å². The van der Waals surface area contributed by atoms with Crippen LogP contribution in [0.25, 0.3) is 0 Å². The summed E-state index contributed by atoms with van der Waals surface area (Å²) in [5.74, 6) is 3.28. The van der Waals surface area contributed by atoms with Crippen LogP contribution in [-0.4, -0.2) is 82.9 Å². The minimum atomic E-state index is -4.62. The summed E-state index contributed by atoms with van der Waals surface area (Å²) in [6.07, 6.45) is 2.85. The van der Waals surface area contributed by atoms with Crippen molar-refractivity contribution >= 4 is 10.4 Å². The van der Waals surface area contributed by atoms with Crippen molar-refractivity contribution in [2.75, 3.05) is 6.61 Å². The largest absolute Gasteiger partial charge is 1.00 e. The maximum atomic E-state index is 11.7. The minimum absolute atomic E-state index is 0. The smallest absolute Gasteiger partial charge is 0.394 e. The van der Waals surface area contributed by atoms with E-state index in [2.05, 4.69) is 34.6 Å². The molecule has 256 valence electrons. The summed E-state index contributed by atoms with van der Waals surface area (Å²) in [7, 11) is -4.62. The number of ether oxygens (including phenoxy) is 2. The molecule has 15 atom stereocenters. The van der Waals surface area contributed by atoms with E-state index in [-0.39, 0.29) is 46.3 Å². The Kier molecular flexibility index (Phi) is 12.7. The second-order valence-corrected chi connectivity index (χ2v) is 17.1. The summed E-state index contributed by atoms with van der Waals surface area (Å²) in [5.41, 5.74) is 0.0592. The van der Waals surface area contributed by atoms with Crippen molar-refractivity contribution in [3.8, 4) is 0 Å². The molecule has 0 aromatic heterocycles. The van der Waals surface area contributed by atoms with Gasteiger partial charge in [0.15, 0.2) is 6.29 Å². The van der Waals surface area contributed by atoms with Crippen molar-refractivity contribution in [2.45, 2.75) is 148 Å². The van der Waals surface area contributed by atoms with Crippen molar-refractivity contribution < 1.29 is 76.6 Å². The van der Waals surface area contributed by atoms with Crippen LogP contribution in [0.4, 0.5) is 0 Å². The van der Waals surface area contributed by atoms with Gasteiger partial charge in [0.05, 0.1) is 18.8 Å². The van der Waals surface area contributed by atoms with Crippen LogP contribution in [0.1, 0.15) is 105 Å². The standard InChI is InChI=1S/C33H58O10S.Na/c1-18(2)7-6-8-19(3)22-9-10-23-21-16-26(41-31-30(37)29(36)28(35)27(17-34)42-31)25-15-20(43-44(38,39)40)11-13-33(25,5)24(21)12-14-32(22,23)4;/h18-31,34-37H,6-17H2,1-5H3,(H,38,39,40);/q;+1/t19?,20-,21?,22?,23?,24?,25?,26?,27?,28?,29?,30?,31?,32+,33+;/m0./s1. The molecule has 0 bridgehead atoms. The first kappa shape index (κ1) is 38.4. The zero-order chi connectivity index (χ0) is 32.2. The zero-order valence-electron chi connectivity index (χ0n) is 28.3. The average Bonchev–Trinajstić information content (AvgIpc) is 3.30. The molecule has 1 aliphatic heterocycles. The average molecular weight is 670 g/mol. The summed E-state index contributed by atoms with van der Waals surface area (Å²) < 4.78 is 50.2. The topological polar surface area (TPSA) is 163 Å². The third-order valence-corrected chi connectivity index (χ3v) is 13.7. The van der Waals surface area contributed by atoms with Crippen molar-refractivity contribution in [3.05, 3.63) is 0 Å². The van der Waals surface area contributed by atoms with Crippen LogP contribution in [0.5, 0.6) is 0 Å². The van der Waals surface area contributed by atoms with Crippen molar-refractivity contribution in [3.63, 3.8) is 0 Å². The number of hydrogen-bond acceptors (Lipinski definition) is 9. The fourth-order valence-corrected chi connectivity index (χ4v) is 11.5. The van der Waals surface area contributed by atoms with Gasteiger partial charge in [0.1, 0.15) is 24.4 Å². The normalized spacial score (nSPS) is 47.4. The van der Waals surface area contributed by atoms with Gasteiger partial charge in [-0.25, -0.2) is 4.18 Å². The van der Waals surface area contributed by atoms with Crippen LogP contribution in [0.3, 0.4) is 0 Å². The van der Waals surface area contributed by atoms with Gasteiger partial charge in [-0.3, -0.25) is 4.55 Å². The van der Waals surface area contributed by atoms with Crippen molar-refractivity contribution in [1.82, 2.24) is 0 Å². The molecule has 5 fully saturated rings. The van der Waals surface area contributed by atoms with E-state index in [0.717, 1.165) is 18.8 Å². The Morgan fingerprint density at radius 1 is 0.867 bits per heavy atom. The second-order valence-electron chi connectivity index (χ2n) is 16.0. The molecule has 0 spiro atoms. The third kappa shape index (κ3) is 7.70. The molecule has 0 radical (unpaired) electrons. The van der Waals surface area contributed by atoms with Gasteiger partial charge in [-0.2, -0.15) is 8.42 Å². The molecule has 1 saturated heterocycles. The van der Waals surface area contributed by atoms with Crippen LogP contribution in [-0.2, 0) is 24.1 Å². The minimum Gasteiger partial charge on any atom is -0.394 e. The predicted octanol–water partition coefficient (Wildman–Crippen LogP) is 1.09. The van der Waals surface area contributed by atoms with E-state index in [0.29, 0.717) is 48.9 Å². The van der Waals surface area contributed by atoms with E-state index in [1.807, 2.05) is 0 Å². The van der Waals surface area contributed by atoms with Crippen LogP contribution < -0.4 is 29.6 Å². The van der Waals surface area contributed by atoms with Gasteiger partial charge < -0.3 is 29.9 Å². The van der Waals surface area contributed by atoms with Crippen molar-refractivity contribution in [1.29, 1.82) is 0 Å². The van der Waals surface area contributed by atoms with Gasteiger partial charge in [0.25, 0.3) is 0 Å². The molecule has 4 saturated carbocycles. The Morgan fingerprint density at radius 3 is 2.18 bits per heavy atom. The van der Waals surface area contributed by atoms with E-state index in [4.69, 9.17) is 13.7 Å². The zero-order valence-corrected chi connectivity index (χ0v) is 31.1. The van der Waals surface area contributed by atoms with E-state index < -0.39 is 59.9 Å². The molecule has 10 nitrogen and oxygen atoms in total. The Labute approximate surface area is 292 Å². The molecule has 0 aromatic carbocycles. The van der Waals surface area contributed by atoms with E-state index in [1.165, 1.54) is 38.5 Å². The van der Waals surface area contributed by atoms with Crippen LogP contribution >= 0.6 is 0 Å². The van der Waals surface area contributed by atoms with Crippen molar-refractivity contribution in [2.24, 2.45) is 52.3 Å². The summed E-state index contributed by atoms with van der Waals surface area (Å²) in [6.45, 7) is 11.3. The number of aliphatic hydroxyl groups excluding tert-OH is 4. The van der Waals surface area contributed by atoms with Gasteiger partial charge in [-0.15, -0.1) is 0 Å². The monoisotopic (exact) mass is 669 g/mol. The van der Waals surface area contributed by atoms with E-state index in [9.17, 15) is 33.4 Å². The van der Waals surface area contributed by atoms with Gasteiger partial charge in [-0.1, -0.05) is 53.9 Å². The summed E-state index contributed by atoms with van der Waals surface area (Å²) in [6, 6.07) is 0. The summed E-state index contributed by atoms with van der Waals surface area (Å²) in [5, 5.41) is 41.5. The molecule has 5 N–H and O–H groups in total. The molecule has 5 aliphatic rings. The SMILES string of the molecule is CC(C)CCCC(C)C1CCC2C3CC(OC4OC(CO)C(O)C(O)C4O)C4C[C@@H](OS(=O)(=O)O)CC[C@]4(C)C3CC[C@]12C.[Na+]. The van der Waals surface area contributed by atoms with Crippen LogP contribution in [0.15, 0.2) is 0 Å². The second kappa shape index (κ2) is 14.9. The number of aliphatic hydroxyl groups is 4. The molecular formula is C33H58NaO10S+. The van der Waals surface area contributed by atoms with Crippen LogP contribution in [0.2, 0.25) is 0 Å². The molecule has 12 heteroatoms. The molecule has 45 heavy (non-hydrogen) atoms. The van der Waals surface area contributed by atoms with Crippen LogP contribution in [0, 0.1) is 52.3 Å². The Morgan fingerprint density at radius 2 is 1.53 bits per heavy atom. The fourth-order valence-electron chi connectivity index (χ4n) is 11.0.